The molecule has 0 amide bonds. The largest absolute Gasteiger partial charge is 0.508 e. The maximum Gasteiger partial charge on any atom is 0.127 e. The molecule has 0 fully saturated rings. The lowest BCUT2D eigenvalue weighted by Crippen LogP contribution is -2.13. The summed E-state index contributed by atoms with van der Waals surface area (Å²) in [4.78, 5) is 0. The SMILES string of the molecule is C=C(C)C1Cc2c(O)cc(CCc3ccccc3)cc2O1. The van der Waals surface area contributed by atoms with Crippen molar-refractivity contribution in [2.75, 3.05) is 0 Å². The quantitative estimate of drug-likeness (QED) is 0.856. The zero-order chi connectivity index (χ0) is 14.8. The van der Waals surface area contributed by atoms with Crippen molar-refractivity contribution in [3.8, 4) is 11.5 Å². The molecule has 2 aromatic carbocycles. The van der Waals surface area contributed by atoms with E-state index in [-0.39, 0.29) is 6.10 Å². The molecule has 2 heteroatoms. The van der Waals surface area contributed by atoms with Crippen LogP contribution in [0.15, 0.2) is 54.6 Å². The van der Waals surface area contributed by atoms with Crippen LogP contribution in [-0.4, -0.2) is 11.2 Å². The molecule has 1 heterocycles. The highest BCUT2D eigenvalue weighted by Crippen LogP contribution is 2.38. The van der Waals surface area contributed by atoms with Crippen molar-refractivity contribution in [1.29, 1.82) is 0 Å². The van der Waals surface area contributed by atoms with E-state index in [0.29, 0.717) is 5.75 Å². The summed E-state index contributed by atoms with van der Waals surface area (Å²) in [6.45, 7) is 5.90. The minimum atomic E-state index is -0.00438. The second-order valence-electron chi connectivity index (χ2n) is 5.73. The van der Waals surface area contributed by atoms with Crippen LogP contribution in [0.4, 0.5) is 0 Å². The van der Waals surface area contributed by atoms with Gasteiger partial charge in [0.25, 0.3) is 0 Å². The van der Waals surface area contributed by atoms with E-state index < -0.39 is 0 Å². The summed E-state index contributed by atoms with van der Waals surface area (Å²) in [5, 5.41) is 10.2. The third-order valence-electron chi connectivity index (χ3n) is 4.00. The van der Waals surface area contributed by atoms with Crippen LogP contribution in [0.2, 0.25) is 0 Å². The number of phenolic OH excluding ortho intramolecular Hbond substituents is 1. The van der Waals surface area contributed by atoms with Gasteiger partial charge in [0.1, 0.15) is 17.6 Å². The Kier molecular flexibility index (Phi) is 3.70. The first kappa shape index (κ1) is 13.7. The first-order chi connectivity index (χ1) is 10.1. The lowest BCUT2D eigenvalue weighted by Gasteiger charge is -2.09. The lowest BCUT2D eigenvalue weighted by molar-refractivity contribution is 0.271. The van der Waals surface area contributed by atoms with Crippen LogP contribution in [0.1, 0.15) is 23.6 Å². The van der Waals surface area contributed by atoms with Crippen molar-refractivity contribution in [2.45, 2.75) is 32.3 Å². The normalized spacial score (nSPS) is 16.3. The van der Waals surface area contributed by atoms with E-state index in [2.05, 4.69) is 36.9 Å². The molecule has 0 spiro atoms. The smallest absolute Gasteiger partial charge is 0.127 e. The van der Waals surface area contributed by atoms with Gasteiger partial charge in [0.05, 0.1) is 0 Å². The van der Waals surface area contributed by atoms with Crippen LogP contribution in [0.5, 0.6) is 11.5 Å². The molecule has 0 aliphatic carbocycles. The van der Waals surface area contributed by atoms with Gasteiger partial charge in [-0.3, -0.25) is 0 Å². The summed E-state index contributed by atoms with van der Waals surface area (Å²) in [7, 11) is 0. The number of rotatable bonds is 4. The average molecular weight is 280 g/mol. The predicted octanol–water partition coefficient (Wildman–Crippen LogP) is 4.06. The topological polar surface area (TPSA) is 29.5 Å². The van der Waals surface area contributed by atoms with Crippen LogP contribution in [0.25, 0.3) is 0 Å². The minimum absolute atomic E-state index is 0.00438. The molecule has 1 aliphatic heterocycles. The molecule has 1 atom stereocenters. The molecule has 2 nitrogen and oxygen atoms in total. The highest BCUT2D eigenvalue weighted by atomic mass is 16.5. The molecule has 0 bridgehead atoms. The third-order valence-corrected chi connectivity index (χ3v) is 4.00. The van der Waals surface area contributed by atoms with Crippen LogP contribution in [-0.2, 0) is 19.3 Å². The third kappa shape index (κ3) is 2.94. The molecular formula is C19H20O2. The Bertz CT molecular complexity index is 659. The van der Waals surface area contributed by atoms with Crippen LogP contribution in [0, 0.1) is 0 Å². The van der Waals surface area contributed by atoms with E-state index in [4.69, 9.17) is 4.74 Å². The van der Waals surface area contributed by atoms with Gasteiger partial charge in [0.2, 0.25) is 0 Å². The van der Waals surface area contributed by atoms with E-state index >= 15 is 0 Å². The Morgan fingerprint density at radius 3 is 2.62 bits per heavy atom. The monoisotopic (exact) mass is 280 g/mol. The first-order valence-electron chi connectivity index (χ1n) is 7.34. The fraction of sp³-hybridized carbons (Fsp3) is 0.263. The molecule has 0 radical (unpaired) electrons. The number of aromatic hydroxyl groups is 1. The van der Waals surface area contributed by atoms with Crippen LogP contribution in [0.3, 0.4) is 0 Å². The molecule has 1 N–H and O–H groups in total. The molecule has 0 aromatic heterocycles. The van der Waals surface area contributed by atoms with Crippen LogP contribution >= 0.6 is 0 Å². The van der Waals surface area contributed by atoms with Gasteiger partial charge in [-0.1, -0.05) is 36.9 Å². The summed E-state index contributed by atoms with van der Waals surface area (Å²) in [5.74, 6) is 1.16. The first-order valence-corrected chi connectivity index (χ1v) is 7.34. The van der Waals surface area contributed by atoms with Gasteiger partial charge in [-0.15, -0.1) is 0 Å². The van der Waals surface area contributed by atoms with Crippen molar-refractivity contribution in [3.05, 3.63) is 71.3 Å². The highest BCUT2D eigenvalue weighted by molar-refractivity contribution is 5.51. The maximum atomic E-state index is 10.2. The predicted molar refractivity (Wildman–Crippen MR) is 84.9 cm³/mol. The number of benzene rings is 2. The molecule has 3 rings (SSSR count). The van der Waals surface area contributed by atoms with E-state index in [1.54, 1.807) is 0 Å². The summed E-state index contributed by atoms with van der Waals surface area (Å²) in [5.41, 5.74) is 4.32. The Morgan fingerprint density at radius 2 is 1.90 bits per heavy atom. The molecular weight excluding hydrogens is 260 g/mol. The summed E-state index contributed by atoms with van der Waals surface area (Å²) < 4.78 is 5.88. The average Bonchev–Trinajstić information content (AvgIpc) is 2.91. The van der Waals surface area contributed by atoms with Gasteiger partial charge in [-0.2, -0.15) is 0 Å². The van der Waals surface area contributed by atoms with Crippen LogP contribution < -0.4 is 4.74 Å². The molecule has 108 valence electrons. The number of phenols is 1. The molecule has 1 aliphatic rings. The second-order valence-corrected chi connectivity index (χ2v) is 5.73. The molecule has 21 heavy (non-hydrogen) atoms. The minimum Gasteiger partial charge on any atom is -0.508 e. The van der Waals surface area contributed by atoms with Gasteiger partial charge in [0.15, 0.2) is 0 Å². The fourth-order valence-corrected chi connectivity index (χ4v) is 2.73. The number of ether oxygens (including phenoxy) is 1. The van der Waals surface area contributed by atoms with E-state index in [0.717, 1.165) is 41.7 Å². The molecule has 0 saturated heterocycles. The second kappa shape index (κ2) is 5.65. The molecule has 0 saturated carbocycles. The van der Waals surface area contributed by atoms with E-state index in [9.17, 15) is 5.11 Å². The number of hydrogen-bond donors (Lipinski definition) is 1. The zero-order valence-corrected chi connectivity index (χ0v) is 12.3. The van der Waals surface area contributed by atoms with Crippen molar-refractivity contribution in [2.24, 2.45) is 0 Å². The van der Waals surface area contributed by atoms with Gasteiger partial charge in [0, 0.05) is 12.0 Å². The fourth-order valence-electron chi connectivity index (χ4n) is 2.73. The molecule has 1 unspecified atom stereocenters. The highest BCUT2D eigenvalue weighted by Gasteiger charge is 2.26. The Labute approximate surface area is 125 Å². The van der Waals surface area contributed by atoms with E-state index in [1.807, 2.05) is 19.1 Å². The summed E-state index contributed by atoms with van der Waals surface area (Å²) in [6, 6.07) is 14.3. The standard InChI is InChI=1S/C19H20O2/c1-13(2)18-12-16-17(20)10-15(11-19(16)21-18)9-8-14-6-4-3-5-7-14/h3-7,10-11,18,20H,1,8-9,12H2,2H3. The molecule has 2 aromatic rings. The maximum absolute atomic E-state index is 10.2. The summed E-state index contributed by atoms with van der Waals surface area (Å²) in [6.07, 6.45) is 2.57. The number of hydrogen-bond acceptors (Lipinski definition) is 2. The number of aryl methyl sites for hydroxylation is 2. The Balaban J connectivity index is 1.76. The van der Waals surface area contributed by atoms with E-state index in [1.165, 1.54) is 5.56 Å². The summed E-state index contributed by atoms with van der Waals surface area (Å²) >= 11 is 0. The van der Waals surface area contributed by atoms with Gasteiger partial charge < -0.3 is 9.84 Å². The van der Waals surface area contributed by atoms with Crippen molar-refractivity contribution in [3.63, 3.8) is 0 Å². The number of fused-ring (bicyclic) bond motifs is 1. The van der Waals surface area contributed by atoms with Gasteiger partial charge >= 0.3 is 0 Å². The van der Waals surface area contributed by atoms with Crippen molar-refractivity contribution >= 4 is 0 Å². The van der Waals surface area contributed by atoms with Gasteiger partial charge in [-0.25, -0.2) is 0 Å². The van der Waals surface area contributed by atoms with Gasteiger partial charge in [-0.05, 0) is 48.6 Å². The zero-order valence-electron chi connectivity index (χ0n) is 12.3. The Morgan fingerprint density at radius 1 is 1.19 bits per heavy atom. The van der Waals surface area contributed by atoms with Crippen molar-refractivity contribution < 1.29 is 9.84 Å². The Hall–Kier alpha value is -2.22. The van der Waals surface area contributed by atoms with Crippen molar-refractivity contribution in [1.82, 2.24) is 0 Å². The lowest BCUT2D eigenvalue weighted by atomic mass is 10.00.